The molecule has 21 heavy (non-hydrogen) atoms. The first-order chi connectivity index (χ1) is 10.3. The van der Waals surface area contributed by atoms with Gasteiger partial charge in [0, 0.05) is 24.0 Å². The standard InChI is InChI=1S/C17H23N3S/c1-21-17-4-2-3-16(15(17)11-18)20-9-7-14(8-10-20)19-12-13-5-6-13/h2-4,13-14,19H,5-10,12H2,1H3. The van der Waals surface area contributed by atoms with E-state index in [1.54, 1.807) is 11.8 Å². The second-order valence-corrected chi connectivity index (χ2v) is 6.93. The Labute approximate surface area is 131 Å². The van der Waals surface area contributed by atoms with Crippen molar-refractivity contribution in [2.75, 3.05) is 30.8 Å². The van der Waals surface area contributed by atoms with Gasteiger partial charge in [0.05, 0.1) is 11.3 Å². The average molecular weight is 301 g/mol. The molecule has 1 heterocycles. The maximum absolute atomic E-state index is 9.46. The van der Waals surface area contributed by atoms with Crippen molar-refractivity contribution in [3.05, 3.63) is 23.8 Å². The number of hydrogen-bond acceptors (Lipinski definition) is 4. The Bertz CT molecular complexity index is 525. The normalized spacial score (nSPS) is 19.5. The Balaban J connectivity index is 1.62. The third kappa shape index (κ3) is 3.53. The number of nitriles is 1. The van der Waals surface area contributed by atoms with Gasteiger partial charge in [0.2, 0.25) is 0 Å². The highest BCUT2D eigenvalue weighted by Gasteiger charge is 2.25. The summed E-state index contributed by atoms with van der Waals surface area (Å²) in [6.07, 6.45) is 7.23. The highest BCUT2D eigenvalue weighted by molar-refractivity contribution is 7.98. The Hall–Kier alpha value is -1.18. The van der Waals surface area contributed by atoms with Crippen LogP contribution in [0.15, 0.2) is 23.1 Å². The van der Waals surface area contributed by atoms with Crippen LogP contribution in [-0.2, 0) is 0 Å². The number of rotatable bonds is 5. The van der Waals surface area contributed by atoms with Gasteiger partial charge >= 0.3 is 0 Å². The largest absolute Gasteiger partial charge is 0.370 e. The minimum atomic E-state index is 0.663. The molecule has 0 atom stereocenters. The van der Waals surface area contributed by atoms with E-state index in [1.807, 2.05) is 12.3 Å². The summed E-state index contributed by atoms with van der Waals surface area (Å²) >= 11 is 1.66. The molecule has 1 aliphatic heterocycles. The first-order valence-electron chi connectivity index (χ1n) is 7.87. The van der Waals surface area contributed by atoms with Crippen LogP contribution in [0, 0.1) is 17.2 Å². The van der Waals surface area contributed by atoms with Crippen LogP contribution < -0.4 is 10.2 Å². The van der Waals surface area contributed by atoms with E-state index in [0.29, 0.717) is 6.04 Å². The molecular formula is C17H23N3S. The van der Waals surface area contributed by atoms with Gasteiger partial charge in [-0.2, -0.15) is 5.26 Å². The molecule has 3 rings (SSSR count). The summed E-state index contributed by atoms with van der Waals surface area (Å²) in [6.45, 7) is 3.31. The first kappa shape index (κ1) is 14.7. The molecule has 1 saturated heterocycles. The highest BCUT2D eigenvalue weighted by Crippen LogP contribution is 2.31. The summed E-state index contributed by atoms with van der Waals surface area (Å²) in [5, 5.41) is 13.2. The van der Waals surface area contributed by atoms with E-state index >= 15 is 0 Å². The molecule has 3 nitrogen and oxygen atoms in total. The lowest BCUT2D eigenvalue weighted by Crippen LogP contribution is -2.43. The monoisotopic (exact) mass is 301 g/mol. The first-order valence-corrected chi connectivity index (χ1v) is 9.09. The third-order valence-electron chi connectivity index (χ3n) is 4.56. The lowest BCUT2D eigenvalue weighted by atomic mass is 10.0. The number of nitrogens with one attached hydrogen (secondary N) is 1. The second-order valence-electron chi connectivity index (χ2n) is 6.08. The van der Waals surface area contributed by atoms with Crippen molar-refractivity contribution in [3.63, 3.8) is 0 Å². The van der Waals surface area contributed by atoms with Crippen molar-refractivity contribution in [2.24, 2.45) is 5.92 Å². The predicted molar refractivity (Wildman–Crippen MR) is 88.9 cm³/mol. The molecule has 0 amide bonds. The van der Waals surface area contributed by atoms with Crippen LogP contribution in [0.5, 0.6) is 0 Å². The smallest absolute Gasteiger partial charge is 0.103 e. The van der Waals surface area contributed by atoms with Crippen LogP contribution in [0.25, 0.3) is 0 Å². The molecular weight excluding hydrogens is 278 g/mol. The molecule has 0 aromatic heterocycles. The van der Waals surface area contributed by atoms with Gasteiger partial charge in [-0.05, 0) is 56.5 Å². The summed E-state index contributed by atoms with van der Waals surface area (Å²) in [5.41, 5.74) is 1.96. The average Bonchev–Trinajstić information content (AvgIpc) is 3.37. The molecule has 1 aliphatic carbocycles. The van der Waals surface area contributed by atoms with Crippen LogP contribution in [0.4, 0.5) is 5.69 Å². The molecule has 0 radical (unpaired) electrons. The lowest BCUT2D eigenvalue weighted by molar-refractivity contribution is 0.408. The number of hydrogen-bond donors (Lipinski definition) is 1. The van der Waals surface area contributed by atoms with E-state index in [0.717, 1.165) is 35.2 Å². The molecule has 0 spiro atoms. The fraction of sp³-hybridized carbons (Fsp3) is 0.588. The number of benzene rings is 1. The fourth-order valence-electron chi connectivity index (χ4n) is 3.05. The molecule has 112 valence electrons. The van der Waals surface area contributed by atoms with E-state index in [-0.39, 0.29) is 0 Å². The van der Waals surface area contributed by atoms with Crippen LogP contribution >= 0.6 is 11.8 Å². The fourth-order valence-corrected chi connectivity index (χ4v) is 3.61. The lowest BCUT2D eigenvalue weighted by Gasteiger charge is -2.34. The van der Waals surface area contributed by atoms with Crippen molar-refractivity contribution >= 4 is 17.4 Å². The Kier molecular flexibility index (Phi) is 4.72. The number of piperidine rings is 1. The summed E-state index contributed by atoms with van der Waals surface area (Å²) < 4.78 is 0. The van der Waals surface area contributed by atoms with Gasteiger partial charge in [0.25, 0.3) is 0 Å². The van der Waals surface area contributed by atoms with Gasteiger partial charge in [-0.1, -0.05) is 6.07 Å². The number of thioether (sulfide) groups is 1. The van der Waals surface area contributed by atoms with Gasteiger partial charge in [-0.3, -0.25) is 0 Å². The van der Waals surface area contributed by atoms with Crippen LogP contribution in [-0.4, -0.2) is 31.9 Å². The topological polar surface area (TPSA) is 39.1 Å². The molecule has 1 N–H and O–H groups in total. The third-order valence-corrected chi connectivity index (χ3v) is 5.34. The van der Waals surface area contributed by atoms with Gasteiger partial charge in [0.1, 0.15) is 6.07 Å². The zero-order chi connectivity index (χ0) is 14.7. The van der Waals surface area contributed by atoms with Crippen molar-refractivity contribution in [1.82, 2.24) is 5.32 Å². The minimum Gasteiger partial charge on any atom is -0.370 e. The van der Waals surface area contributed by atoms with Gasteiger partial charge < -0.3 is 10.2 Å². The van der Waals surface area contributed by atoms with Crippen LogP contribution in [0.2, 0.25) is 0 Å². The molecule has 1 saturated carbocycles. The molecule has 1 aromatic carbocycles. The number of anilines is 1. The molecule has 0 unspecified atom stereocenters. The van der Waals surface area contributed by atoms with E-state index in [4.69, 9.17) is 0 Å². The number of nitrogens with zero attached hydrogens (tertiary/aromatic N) is 2. The summed E-state index contributed by atoms with van der Waals surface area (Å²) in [4.78, 5) is 3.47. The summed E-state index contributed by atoms with van der Waals surface area (Å²) in [7, 11) is 0. The van der Waals surface area contributed by atoms with E-state index in [9.17, 15) is 5.26 Å². The molecule has 1 aromatic rings. The minimum absolute atomic E-state index is 0.663. The summed E-state index contributed by atoms with van der Waals surface area (Å²) in [5.74, 6) is 0.950. The quantitative estimate of drug-likeness (QED) is 0.847. The molecule has 0 bridgehead atoms. The maximum atomic E-state index is 9.46. The second kappa shape index (κ2) is 6.72. The van der Waals surface area contributed by atoms with Crippen LogP contribution in [0.1, 0.15) is 31.2 Å². The molecule has 4 heteroatoms. The van der Waals surface area contributed by atoms with E-state index < -0.39 is 0 Å². The van der Waals surface area contributed by atoms with Gasteiger partial charge in [-0.15, -0.1) is 11.8 Å². The highest BCUT2D eigenvalue weighted by atomic mass is 32.2. The maximum Gasteiger partial charge on any atom is 0.103 e. The van der Waals surface area contributed by atoms with Crippen molar-refractivity contribution in [1.29, 1.82) is 5.26 Å². The SMILES string of the molecule is CSc1cccc(N2CCC(NCC3CC3)CC2)c1C#N. The Morgan fingerprint density at radius 1 is 1.29 bits per heavy atom. The van der Waals surface area contributed by atoms with Crippen molar-refractivity contribution < 1.29 is 0 Å². The Morgan fingerprint density at radius 3 is 2.67 bits per heavy atom. The van der Waals surface area contributed by atoms with E-state index in [1.165, 1.54) is 32.2 Å². The van der Waals surface area contributed by atoms with E-state index in [2.05, 4.69) is 28.4 Å². The van der Waals surface area contributed by atoms with Gasteiger partial charge in [0.15, 0.2) is 0 Å². The zero-order valence-electron chi connectivity index (χ0n) is 12.6. The summed E-state index contributed by atoms with van der Waals surface area (Å²) in [6, 6.07) is 9.26. The zero-order valence-corrected chi connectivity index (χ0v) is 13.5. The van der Waals surface area contributed by atoms with Crippen LogP contribution in [0.3, 0.4) is 0 Å². The molecule has 2 aliphatic rings. The molecule has 2 fully saturated rings. The van der Waals surface area contributed by atoms with Crippen molar-refractivity contribution in [2.45, 2.75) is 36.6 Å². The Morgan fingerprint density at radius 2 is 2.05 bits per heavy atom. The van der Waals surface area contributed by atoms with Gasteiger partial charge in [-0.25, -0.2) is 0 Å². The van der Waals surface area contributed by atoms with Crippen molar-refractivity contribution in [3.8, 4) is 6.07 Å². The predicted octanol–water partition coefficient (Wildman–Crippen LogP) is 3.25.